The van der Waals surface area contributed by atoms with Crippen molar-refractivity contribution >= 4 is 5.95 Å². The van der Waals surface area contributed by atoms with Crippen LogP contribution in [0.5, 0.6) is 5.75 Å². The predicted molar refractivity (Wildman–Crippen MR) is 118 cm³/mol. The summed E-state index contributed by atoms with van der Waals surface area (Å²) in [5, 5.41) is 3.92. The van der Waals surface area contributed by atoms with E-state index in [0.29, 0.717) is 17.9 Å². The first-order chi connectivity index (χ1) is 16.2. The molecule has 1 unspecified atom stereocenters. The van der Waals surface area contributed by atoms with Crippen LogP contribution >= 0.6 is 0 Å². The third-order valence-electron chi connectivity index (χ3n) is 7.70. The molecule has 5 heterocycles. The molecule has 9 heteroatoms. The Hall–Kier alpha value is -2.23. The summed E-state index contributed by atoms with van der Waals surface area (Å²) in [4.78, 5) is 8.78. The number of aromatic nitrogens is 2. The van der Waals surface area contributed by atoms with Gasteiger partial charge in [0.25, 0.3) is 5.95 Å². The maximum absolute atomic E-state index is 14.1. The van der Waals surface area contributed by atoms with Gasteiger partial charge in [0, 0.05) is 24.4 Å². The summed E-state index contributed by atoms with van der Waals surface area (Å²) >= 11 is 0. The quantitative estimate of drug-likeness (QED) is 0.677. The third kappa shape index (κ3) is 4.34. The number of anilines is 1. The van der Waals surface area contributed by atoms with Crippen molar-refractivity contribution in [3.8, 4) is 5.75 Å². The van der Waals surface area contributed by atoms with Crippen molar-refractivity contribution in [2.75, 3.05) is 50.9 Å². The zero-order valence-corrected chi connectivity index (χ0v) is 18.8. The maximum Gasteiger partial charge on any atom is 0.266 e. The Morgan fingerprint density at radius 3 is 2.67 bits per heavy atom. The van der Waals surface area contributed by atoms with Gasteiger partial charge in [0.05, 0.1) is 32.9 Å². The molecule has 178 valence electrons. The summed E-state index contributed by atoms with van der Waals surface area (Å²) in [6.07, 6.45) is 6.35. The Bertz CT molecular complexity index is 938. The van der Waals surface area contributed by atoms with E-state index in [0.717, 1.165) is 89.4 Å². The molecule has 4 aliphatic rings. The van der Waals surface area contributed by atoms with Gasteiger partial charge in [-0.1, -0.05) is 0 Å². The lowest BCUT2D eigenvalue weighted by atomic mass is 9.86. The predicted octanol–water partition coefficient (Wildman–Crippen LogP) is 2.99. The number of nitrogens with zero attached hydrogens (tertiary/aromatic N) is 4. The summed E-state index contributed by atoms with van der Waals surface area (Å²) in [5.74, 6) is 1.62. The summed E-state index contributed by atoms with van der Waals surface area (Å²) < 4.78 is 37.0. The average molecular weight is 459 g/mol. The Balaban J connectivity index is 1.05. The van der Waals surface area contributed by atoms with Crippen LogP contribution in [0.25, 0.3) is 0 Å². The van der Waals surface area contributed by atoms with Crippen LogP contribution in [0.4, 0.5) is 10.3 Å². The number of hydrogen-bond donors (Lipinski definition) is 0. The minimum Gasteiger partial charge on any atom is -0.490 e. The number of rotatable bonds is 5. The molecule has 1 atom stereocenters. The fourth-order valence-corrected chi connectivity index (χ4v) is 5.86. The minimum atomic E-state index is -0.186. The number of benzene rings is 1. The van der Waals surface area contributed by atoms with E-state index in [4.69, 9.17) is 18.7 Å². The second-order valence-electron chi connectivity index (χ2n) is 9.86. The van der Waals surface area contributed by atoms with E-state index in [9.17, 15) is 4.39 Å². The van der Waals surface area contributed by atoms with Gasteiger partial charge in [0.1, 0.15) is 23.3 Å². The van der Waals surface area contributed by atoms with Crippen LogP contribution in [0.1, 0.15) is 43.6 Å². The zero-order chi connectivity index (χ0) is 22.3. The van der Waals surface area contributed by atoms with E-state index in [2.05, 4.69) is 19.9 Å². The number of piperidine rings is 1. The summed E-state index contributed by atoms with van der Waals surface area (Å²) in [5.41, 5.74) is 0.935. The van der Waals surface area contributed by atoms with Crippen molar-refractivity contribution in [3.05, 3.63) is 36.0 Å². The highest BCUT2D eigenvalue weighted by Gasteiger charge is 2.52. The molecule has 8 nitrogen and oxygen atoms in total. The standard InChI is InChI=1S/C24H31FN4O4/c25-18-1-2-22(33-20-5-9-30-10-6-20)21(11-18)17-3-7-28(8-4-17)19-12-24(31-13-19)14-29(15-24)23-26-16-32-27-23/h1-2,11,16-17,19-20H,3-10,12-15H2. The Morgan fingerprint density at radius 1 is 1.09 bits per heavy atom. The van der Waals surface area contributed by atoms with Crippen molar-refractivity contribution in [3.63, 3.8) is 0 Å². The van der Waals surface area contributed by atoms with E-state index < -0.39 is 0 Å². The van der Waals surface area contributed by atoms with Gasteiger partial charge in [-0.15, -0.1) is 0 Å². The topological polar surface area (TPSA) is 73.1 Å². The largest absolute Gasteiger partial charge is 0.490 e. The molecule has 0 aliphatic carbocycles. The van der Waals surface area contributed by atoms with Crippen molar-refractivity contribution < 1.29 is 23.1 Å². The molecular weight excluding hydrogens is 427 g/mol. The number of hydrogen-bond acceptors (Lipinski definition) is 8. The van der Waals surface area contributed by atoms with E-state index in [-0.39, 0.29) is 17.5 Å². The van der Waals surface area contributed by atoms with E-state index in [1.807, 2.05) is 6.07 Å². The van der Waals surface area contributed by atoms with Crippen molar-refractivity contribution in [1.82, 2.24) is 15.0 Å². The smallest absolute Gasteiger partial charge is 0.266 e. The van der Waals surface area contributed by atoms with Crippen molar-refractivity contribution in [1.29, 1.82) is 0 Å². The molecule has 1 spiro atoms. The van der Waals surface area contributed by atoms with Crippen molar-refractivity contribution in [2.45, 2.75) is 55.8 Å². The minimum absolute atomic E-state index is 0.0879. The second kappa shape index (κ2) is 8.85. The van der Waals surface area contributed by atoms with Gasteiger partial charge in [-0.3, -0.25) is 4.90 Å². The molecule has 0 saturated carbocycles. The van der Waals surface area contributed by atoms with Crippen LogP contribution in [0.2, 0.25) is 0 Å². The van der Waals surface area contributed by atoms with E-state index >= 15 is 0 Å². The fraction of sp³-hybridized carbons (Fsp3) is 0.667. The highest BCUT2D eigenvalue weighted by Crippen LogP contribution is 2.41. The van der Waals surface area contributed by atoms with Gasteiger partial charge >= 0.3 is 0 Å². The lowest BCUT2D eigenvalue weighted by molar-refractivity contribution is -0.0203. The first-order valence-electron chi connectivity index (χ1n) is 12.1. The molecule has 4 aliphatic heterocycles. The molecule has 6 rings (SSSR count). The van der Waals surface area contributed by atoms with Crippen LogP contribution in [-0.2, 0) is 9.47 Å². The van der Waals surface area contributed by atoms with Gasteiger partial charge < -0.3 is 23.6 Å². The van der Waals surface area contributed by atoms with Crippen LogP contribution in [0.3, 0.4) is 0 Å². The molecular formula is C24H31FN4O4. The van der Waals surface area contributed by atoms with Crippen LogP contribution < -0.4 is 9.64 Å². The summed E-state index contributed by atoms with van der Waals surface area (Å²) in [6, 6.07) is 5.44. The highest BCUT2D eigenvalue weighted by molar-refractivity contribution is 5.38. The van der Waals surface area contributed by atoms with Gasteiger partial charge in [0.2, 0.25) is 6.39 Å². The lowest BCUT2D eigenvalue weighted by Gasteiger charge is -2.46. The first kappa shape index (κ1) is 21.3. The molecule has 0 bridgehead atoms. The molecule has 0 radical (unpaired) electrons. The van der Waals surface area contributed by atoms with Crippen LogP contribution in [-0.4, -0.2) is 78.8 Å². The Morgan fingerprint density at radius 2 is 1.91 bits per heavy atom. The van der Waals surface area contributed by atoms with Gasteiger partial charge in [-0.2, -0.15) is 4.98 Å². The number of halogens is 1. The lowest BCUT2D eigenvalue weighted by Crippen LogP contribution is -2.62. The van der Waals surface area contributed by atoms with Gasteiger partial charge in [0.15, 0.2) is 0 Å². The molecule has 4 saturated heterocycles. The van der Waals surface area contributed by atoms with Gasteiger partial charge in [-0.25, -0.2) is 4.39 Å². The monoisotopic (exact) mass is 458 g/mol. The third-order valence-corrected chi connectivity index (χ3v) is 7.70. The first-order valence-corrected chi connectivity index (χ1v) is 12.1. The summed E-state index contributed by atoms with van der Waals surface area (Å²) in [6.45, 7) is 5.86. The fourth-order valence-electron chi connectivity index (χ4n) is 5.86. The molecule has 2 aromatic rings. The number of likely N-dealkylation sites (tertiary alicyclic amines) is 1. The van der Waals surface area contributed by atoms with Crippen molar-refractivity contribution in [2.24, 2.45) is 0 Å². The Kier molecular flexibility index (Phi) is 5.72. The molecule has 0 N–H and O–H groups in total. The summed E-state index contributed by atoms with van der Waals surface area (Å²) in [7, 11) is 0. The Labute approximate surface area is 193 Å². The SMILES string of the molecule is Fc1ccc(OC2CCOCC2)c(C2CCN(C3COC4(C3)CN(c3ncon3)C4)CC2)c1. The second-order valence-corrected chi connectivity index (χ2v) is 9.86. The van der Waals surface area contributed by atoms with Crippen LogP contribution in [0.15, 0.2) is 29.1 Å². The van der Waals surface area contributed by atoms with E-state index in [1.54, 1.807) is 6.07 Å². The molecule has 33 heavy (non-hydrogen) atoms. The number of ether oxygens (including phenoxy) is 3. The average Bonchev–Trinajstić information content (AvgIpc) is 3.51. The van der Waals surface area contributed by atoms with E-state index in [1.165, 1.54) is 12.5 Å². The molecule has 1 aromatic carbocycles. The molecule has 1 aromatic heterocycles. The highest BCUT2D eigenvalue weighted by atomic mass is 19.1. The van der Waals surface area contributed by atoms with Gasteiger partial charge in [-0.05, 0) is 61.6 Å². The van der Waals surface area contributed by atoms with Crippen LogP contribution in [0, 0.1) is 5.82 Å². The maximum atomic E-state index is 14.1. The molecule has 0 amide bonds. The molecule has 4 fully saturated rings. The normalized spacial score (nSPS) is 26.6. The zero-order valence-electron chi connectivity index (χ0n) is 18.8.